The van der Waals surface area contributed by atoms with Crippen LogP contribution < -0.4 is 16.0 Å². The van der Waals surface area contributed by atoms with Crippen molar-refractivity contribution in [2.45, 2.75) is 13.0 Å². The summed E-state index contributed by atoms with van der Waals surface area (Å²) < 4.78 is 0. The summed E-state index contributed by atoms with van der Waals surface area (Å²) in [5.74, 6) is 0.185. The first-order valence-corrected chi connectivity index (χ1v) is 7.49. The Hall–Kier alpha value is -2.40. The van der Waals surface area contributed by atoms with Gasteiger partial charge < -0.3 is 16.0 Å². The summed E-state index contributed by atoms with van der Waals surface area (Å²) in [4.78, 5) is 18.9. The molecule has 1 aromatic carbocycles. The van der Waals surface area contributed by atoms with Gasteiger partial charge in [0.05, 0.1) is 5.56 Å². The third-order valence-corrected chi connectivity index (χ3v) is 3.93. The second-order valence-electron chi connectivity index (χ2n) is 5.62. The Bertz CT molecular complexity index is 686. The van der Waals surface area contributed by atoms with Gasteiger partial charge in [0.25, 0.3) is 0 Å². The maximum atomic E-state index is 12.6. The first-order chi connectivity index (χ1) is 10.6. The molecular weight excluding hydrogens is 276 g/mol. The van der Waals surface area contributed by atoms with Crippen LogP contribution in [0.2, 0.25) is 0 Å². The van der Waals surface area contributed by atoms with E-state index in [1.807, 2.05) is 24.3 Å². The van der Waals surface area contributed by atoms with E-state index in [1.54, 1.807) is 18.3 Å². The van der Waals surface area contributed by atoms with E-state index >= 15 is 0 Å². The van der Waals surface area contributed by atoms with E-state index in [0.717, 1.165) is 25.3 Å². The zero-order chi connectivity index (χ0) is 15.5. The molecule has 0 bridgehead atoms. The number of rotatable bonds is 3. The first-order valence-electron chi connectivity index (χ1n) is 7.49. The van der Waals surface area contributed by atoms with E-state index in [1.165, 1.54) is 0 Å². The molecule has 3 rings (SSSR count). The first kappa shape index (κ1) is 14.5. The summed E-state index contributed by atoms with van der Waals surface area (Å²) in [5, 5.41) is 3.42. The second kappa shape index (κ2) is 6.15. The fourth-order valence-corrected chi connectivity index (χ4v) is 2.78. The van der Waals surface area contributed by atoms with Crippen LogP contribution in [0, 0.1) is 0 Å². The molecule has 0 unspecified atom stereocenters. The van der Waals surface area contributed by atoms with Crippen LogP contribution in [-0.2, 0) is 0 Å². The Morgan fingerprint density at radius 2 is 2.23 bits per heavy atom. The molecule has 2 aromatic rings. The summed E-state index contributed by atoms with van der Waals surface area (Å²) in [6.45, 7) is 5.00. The molecule has 0 spiro atoms. The van der Waals surface area contributed by atoms with Gasteiger partial charge in [0.2, 0.25) is 0 Å². The van der Waals surface area contributed by atoms with Gasteiger partial charge in [-0.25, -0.2) is 4.98 Å². The van der Waals surface area contributed by atoms with Crippen LogP contribution in [0.4, 0.5) is 11.5 Å². The van der Waals surface area contributed by atoms with Crippen molar-refractivity contribution in [1.82, 2.24) is 10.3 Å². The van der Waals surface area contributed by atoms with Crippen molar-refractivity contribution >= 4 is 17.3 Å². The number of benzene rings is 1. The smallest absolute Gasteiger partial charge is 0.196 e. The third-order valence-electron chi connectivity index (χ3n) is 3.93. The molecule has 0 saturated carbocycles. The van der Waals surface area contributed by atoms with Crippen molar-refractivity contribution in [3.05, 3.63) is 53.7 Å². The molecule has 5 heteroatoms. The van der Waals surface area contributed by atoms with Crippen LogP contribution in [0.5, 0.6) is 0 Å². The van der Waals surface area contributed by atoms with Gasteiger partial charge in [-0.3, -0.25) is 4.79 Å². The van der Waals surface area contributed by atoms with E-state index in [4.69, 9.17) is 5.73 Å². The summed E-state index contributed by atoms with van der Waals surface area (Å²) in [5.41, 5.74) is 7.97. The molecule has 0 aliphatic carbocycles. The van der Waals surface area contributed by atoms with Gasteiger partial charge in [-0.15, -0.1) is 0 Å². The number of aromatic nitrogens is 1. The lowest BCUT2D eigenvalue weighted by atomic mass is 10.0. The monoisotopic (exact) mass is 296 g/mol. The van der Waals surface area contributed by atoms with E-state index in [0.29, 0.717) is 17.2 Å². The molecule has 0 amide bonds. The summed E-state index contributed by atoms with van der Waals surface area (Å²) in [7, 11) is 0. The fourth-order valence-electron chi connectivity index (χ4n) is 2.78. The molecule has 1 aromatic heterocycles. The Morgan fingerprint density at radius 1 is 1.36 bits per heavy atom. The highest BCUT2D eigenvalue weighted by atomic mass is 16.1. The minimum Gasteiger partial charge on any atom is -0.383 e. The van der Waals surface area contributed by atoms with Crippen LogP contribution in [0.1, 0.15) is 22.8 Å². The maximum Gasteiger partial charge on any atom is 0.196 e. The Kier molecular flexibility index (Phi) is 4.06. The topological polar surface area (TPSA) is 71.2 Å². The normalized spacial score (nSPS) is 18.2. The molecule has 1 fully saturated rings. The maximum absolute atomic E-state index is 12.6. The van der Waals surface area contributed by atoms with Crippen LogP contribution in [0.3, 0.4) is 0 Å². The van der Waals surface area contributed by atoms with Crippen molar-refractivity contribution in [1.29, 1.82) is 0 Å². The Morgan fingerprint density at radius 3 is 3.00 bits per heavy atom. The number of ketones is 1. The van der Waals surface area contributed by atoms with E-state index in [-0.39, 0.29) is 11.6 Å². The lowest BCUT2D eigenvalue weighted by molar-refractivity contribution is 0.103. The van der Waals surface area contributed by atoms with Gasteiger partial charge in [0.1, 0.15) is 5.82 Å². The van der Waals surface area contributed by atoms with Crippen molar-refractivity contribution in [3.63, 3.8) is 0 Å². The molecule has 1 aliphatic heterocycles. The molecule has 1 atom stereocenters. The SMILES string of the molecule is C[C@@H]1CN(c2cccc(C(=O)c3cccnc3N)c2)CCN1. The zero-order valence-electron chi connectivity index (χ0n) is 12.6. The number of carbonyl (C=O) groups excluding carboxylic acids is 1. The standard InChI is InChI=1S/C17H20N4O/c1-12-11-21(9-8-19-12)14-5-2-4-13(10-14)16(22)15-6-3-7-20-17(15)18/h2-7,10,12,19H,8-9,11H2,1H3,(H2,18,20)/t12-/m1/s1. The average molecular weight is 296 g/mol. The number of nitrogens with one attached hydrogen (secondary N) is 1. The van der Waals surface area contributed by atoms with Crippen molar-refractivity contribution in [2.75, 3.05) is 30.3 Å². The highest BCUT2D eigenvalue weighted by molar-refractivity contribution is 6.11. The van der Waals surface area contributed by atoms with Crippen molar-refractivity contribution in [2.24, 2.45) is 0 Å². The minimum atomic E-state index is -0.0874. The second-order valence-corrected chi connectivity index (χ2v) is 5.62. The zero-order valence-corrected chi connectivity index (χ0v) is 12.6. The lowest BCUT2D eigenvalue weighted by Crippen LogP contribution is -2.49. The van der Waals surface area contributed by atoms with Gasteiger partial charge in [-0.2, -0.15) is 0 Å². The number of nitrogens with zero attached hydrogens (tertiary/aromatic N) is 2. The largest absolute Gasteiger partial charge is 0.383 e. The van der Waals surface area contributed by atoms with E-state index in [2.05, 4.69) is 22.1 Å². The molecule has 2 heterocycles. The molecule has 1 saturated heterocycles. The molecule has 5 nitrogen and oxygen atoms in total. The van der Waals surface area contributed by atoms with Gasteiger partial charge >= 0.3 is 0 Å². The highest BCUT2D eigenvalue weighted by Gasteiger charge is 2.18. The summed E-state index contributed by atoms with van der Waals surface area (Å²) in [6, 6.07) is 11.6. The number of nitrogen functional groups attached to an aromatic ring is 1. The van der Waals surface area contributed by atoms with Crippen LogP contribution in [0.15, 0.2) is 42.6 Å². The summed E-state index contributed by atoms with van der Waals surface area (Å²) >= 11 is 0. The molecule has 114 valence electrons. The molecular formula is C17H20N4O. The average Bonchev–Trinajstić information content (AvgIpc) is 2.55. The molecule has 1 aliphatic rings. The third kappa shape index (κ3) is 2.94. The lowest BCUT2D eigenvalue weighted by Gasteiger charge is -2.33. The predicted octanol–water partition coefficient (Wildman–Crippen LogP) is 1.69. The molecule has 22 heavy (non-hydrogen) atoms. The molecule has 3 N–H and O–H groups in total. The van der Waals surface area contributed by atoms with Crippen molar-refractivity contribution < 1.29 is 4.79 Å². The van der Waals surface area contributed by atoms with E-state index in [9.17, 15) is 4.79 Å². The minimum absolute atomic E-state index is 0.0874. The number of pyridine rings is 1. The van der Waals surface area contributed by atoms with Gasteiger partial charge in [-0.05, 0) is 31.2 Å². The summed E-state index contributed by atoms with van der Waals surface area (Å²) in [6.07, 6.45) is 1.59. The predicted molar refractivity (Wildman–Crippen MR) is 88.2 cm³/mol. The van der Waals surface area contributed by atoms with E-state index < -0.39 is 0 Å². The number of carbonyl (C=O) groups is 1. The molecule has 0 radical (unpaired) electrons. The van der Waals surface area contributed by atoms with Crippen LogP contribution >= 0.6 is 0 Å². The number of hydrogen-bond acceptors (Lipinski definition) is 5. The van der Waals surface area contributed by atoms with Crippen LogP contribution in [0.25, 0.3) is 0 Å². The Labute approximate surface area is 130 Å². The van der Waals surface area contributed by atoms with Crippen molar-refractivity contribution in [3.8, 4) is 0 Å². The number of nitrogens with two attached hydrogens (primary N) is 1. The number of anilines is 2. The number of hydrogen-bond donors (Lipinski definition) is 2. The number of piperazine rings is 1. The van der Waals surface area contributed by atoms with Gasteiger partial charge in [0.15, 0.2) is 5.78 Å². The van der Waals surface area contributed by atoms with Gasteiger partial charge in [-0.1, -0.05) is 12.1 Å². The quantitative estimate of drug-likeness (QED) is 0.844. The fraction of sp³-hybridized carbons (Fsp3) is 0.294. The van der Waals surface area contributed by atoms with Gasteiger partial charge in [0, 0.05) is 43.1 Å². The highest BCUT2D eigenvalue weighted by Crippen LogP contribution is 2.21. The Balaban J connectivity index is 1.88. The van der Waals surface area contributed by atoms with Crippen LogP contribution in [-0.4, -0.2) is 36.4 Å².